The van der Waals surface area contributed by atoms with E-state index in [9.17, 15) is 18.8 Å². The van der Waals surface area contributed by atoms with Crippen LogP contribution in [0.15, 0.2) is 58.2 Å². The third-order valence-electron chi connectivity index (χ3n) is 4.29. The molecule has 0 saturated carbocycles. The number of halogens is 1. The molecule has 3 rings (SSSR count). The number of nitrogens with zero attached hydrogens (tertiary/aromatic N) is 1. The molecule has 32 heavy (non-hydrogen) atoms. The van der Waals surface area contributed by atoms with E-state index >= 15 is 0 Å². The summed E-state index contributed by atoms with van der Waals surface area (Å²) in [5.41, 5.74) is 0.684. The average Bonchev–Trinajstić information content (AvgIpc) is 3.03. The van der Waals surface area contributed by atoms with Crippen molar-refractivity contribution in [1.29, 1.82) is 0 Å². The number of carbonyl (C=O) groups is 2. The summed E-state index contributed by atoms with van der Waals surface area (Å²) in [7, 11) is 0. The van der Waals surface area contributed by atoms with Crippen LogP contribution in [0.2, 0.25) is 0 Å². The molecule has 0 spiro atoms. The summed E-state index contributed by atoms with van der Waals surface area (Å²) in [4.78, 5) is 38.6. The van der Waals surface area contributed by atoms with Crippen molar-refractivity contribution in [2.24, 2.45) is 0 Å². The van der Waals surface area contributed by atoms with Gasteiger partial charge in [0.2, 0.25) is 5.91 Å². The zero-order valence-corrected chi connectivity index (χ0v) is 19.1. The number of amides is 1. The Bertz CT molecular complexity index is 1300. The van der Waals surface area contributed by atoms with Gasteiger partial charge in [0.05, 0.1) is 17.2 Å². The fourth-order valence-corrected chi connectivity index (χ4v) is 4.28. The van der Waals surface area contributed by atoms with Crippen molar-refractivity contribution in [1.82, 2.24) is 4.57 Å². The van der Waals surface area contributed by atoms with Crippen LogP contribution in [0.1, 0.15) is 12.5 Å². The Labute approximate surface area is 192 Å². The molecular weight excluding hydrogens is 451 g/mol. The van der Waals surface area contributed by atoms with Crippen LogP contribution in [0, 0.1) is 5.82 Å². The molecule has 1 amide bonds. The van der Waals surface area contributed by atoms with Crippen molar-refractivity contribution in [3.05, 3.63) is 79.5 Å². The van der Waals surface area contributed by atoms with Crippen LogP contribution < -0.4 is 20.1 Å². The minimum atomic E-state index is -0.607. The number of thiazole rings is 1. The Kier molecular flexibility index (Phi) is 8.02. The van der Waals surface area contributed by atoms with E-state index in [-0.39, 0.29) is 23.5 Å². The molecule has 6 nitrogen and oxygen atoms in total. The molecule has 0 aliphatic heterocycles. The number of ether oxygens (including phenoxy) is 1. The number of esters is 1. The first kappa shape index (κ1) is 23.5. The van der Waals surface area contributed by atoms with Gasteiger partial charge >= 0.3 is 5.97 Å². The van der Waals surface area contributed by atoms with Crippen LogP contribution in [0.25, 0.3) is 12.2 Å². The number of nitrogens with one attached hydrogen (secondary N) is 1. The van der Waals surface area contributed by atoms with Crippen molar-refractivity contribution in [3.63, 3.8) is 0 Å². The molecule has 2 aromatic carbocycles. The maximum absolute atomic E-state index is 13.4. The van der Waals surface area contributed by atoms with E-state index < -0.39 is 23.3 Å². The molecule has 0 fully saturated rings. The largest absolute Gasteiger partial charge is 0.463 e. The van der Waals surface area contributed by atoms with Gasteiger partial charge in [0.25, 0.3) is 5.56 Å². The van der Waals surface area contributed by atoms with Gasteiger partial charge in [-0.25, -0.2) is 9.18 Å². The number of rotatable bonds is 7. The number of thioether (sulfide) groups is 1. The van der Waals surface area contributed by atoms with Crippen LogP contribution in [0.4, 0.5) is 10.1 Å². The molecule has 0 aliphatic rings. The number of hydrogen-bond donors (Lipinski definition) is 1. The van der Waals surface area contributed by atoms with Gasteiger partial charge in [-0.15, -0.1) is 23.1 Å². The number of anilines is 1. The number of hydrogen-bond acceptors (Lipinski definition) is 6. The summed E-state index contributed by atoms with van der Waals surface area (Å²) in [6, 6.07) is 13.1. The second-order valence-electron chi connectivity index (χ2n) is 6.57. The average molecular weight is 473 g/mol. The van der Waals surface area contributed by atoms with Crippen molar-refractivity contribution >= 4 is 52.8 Å². The molecule has 1 N–H and O–H groups in total. The predicted octanol–water partition coefficient (Wildman–Crippen LogP) is 2.58. The van der Waals surface area contributed by atoms with Gasteiger partial charge < -0.3 is 10.1 Å². The van der Waals surface area contributed by atoms with Crippen LogP contribution in [0.3, 0.4) is 0 Å². The Morgan fingerprint density at radius 2 is 1.97 bits per heavy atom. The van der Waals surface area contributed by atoms with Gasteiger partial charge in [0.1, 0.15) is 17.0 Å². The molecule has 166 valence electrons. The molecule has 3 aromatic rings. The van der Waals surface area contributed by atoms with Crippen LogP contribution >= 0.6 is 23.1 Å². The second-order valence-corrected chi connectivity index (χ2v) is 8.51. The minimum absolute atomic E-state index is 0.186. The van der Waals surface area contributed by atoms with Crippen molar-refractivity contribution in [2.75, 3.05) is 18.2 Å². The highest BCUT2D eigenvalue weighted by atomic mass is 32.2. The van der Waals surface area contributed by atoms with Crippen molar-refractivity contribution in [3.8, 4) is 0 Å². The smallest absolute Gasteiger partial charge is 0.333 e. The fourth-order valence-electron chi connectivity index (χ4n) is 2.84. The Morgan fingerprint density at radius 3 is 2.62 bits per heavy atom. The number of aromatic nitrogens is 1. The monoisotopic (exact) mass is 472 g/mol. The summed E-state index contributed by atoms with van der Waals surface area (Å²) < 4.78 is 20.2. The fraction of sp³-hybridized carbons (Fsp3) is 0.174. The molecule has 1 aromatic heterocycles. The van der Waals surface area contributed by atoms with E-state index in [4.69, 9.17) is 4.74 Å². The van der Waals surface area contributed by atoms with Gasteiger partial charge in [-0.3, -0.25) is 14.2 Å². The lowest BCUT2D eigenvalue weighted by molar-refractivity contribution is -0.135. The zero-order valence-electron chi connectivity index (χ0n) is 17.5. The molecule has 0 unspecified atom stereocenters. The topological polar surface area (TPSA) is 77.4 Å². The Hall–Kier alpha value is -3.17. The van der Waals surface area contributed by atoms with Crippen LogP contribution in [0.5, 0.6) is 0 Å². The van der Waals surface area contributed by atoms with Gasteiger partial charge in [-0.05, 0) is 55.2 Å². The first-order valence-corrected chi connectivity index (χ1v) is 11.7. The minimum Gasteiger partial charge on any atom is -0.463 e. The summed E-state index contributed by atoms with van der Waals surface area (Å²) in [6.45, 7) is 1.53. The van der Waals surface area contributed by atoms with Gasteiger partial charge in [0.15, 0.2) is 0 Å². The highest BCUT2D eigenvalue weighted by molar-refractivity contribution is 7.98. The van der Waals surface area contributed by atoms with E-state index in [0.29, 0.717) is 4.53 Å². The molecule has 1 heterocycles. The summed E-state index contributed by atoms with van der Waals surface area (Å²) in [5, 5.41) is 2.56. The van der Waals surface area contributed by atoms with Crippen molar-refractivity contribution in [2.45, 2.75) is 18.4 Å². The standard InChI is InChI=1S/C23H21FN2O4S2/c1-3-30-22(28)13-21-26(14-20(27)25-17-6-4-5-16(24)12-17)23(29)19(32-21)11-15-7-9-18(31-2)10-8-15/h4-13H,3,14H2,1-2H3,(H,25,27)/b19-11-,21-13-. The molecule has 0 radical (unpaired) electrons. The lowest BCUT2D eigenvalue weighted by atomic mass is 10.2. The third kappa shape index (κ3) is 6.18. The molecule has 0 saturated heterocycles. The van der Waals surface area contributed by atoms with E-state index in [1.807, 2.05) is 30.5 Å². The van der Waals surface area contributed by atoms with Crippen molar-refractivity contribution < 1.29 is 18.7 Å². The maximum atomic E-state index is 13.4. The van der Waals surface area contributed by atoms with Gasteiger partial charge in [-0.2, -0.15) is 0 Å². The molecule has 0 aliphatic carbocycles. The summed E-state index contributed by atoms with van der Waals surface area (Å²) >= 11 is 2.70. The normalized spacial score (nSPS) is 12.1. The number of benzene rings is 2. The van der Waals surface area contributed by atoms with E-state index in [1.165, 1.54) is 28.8 Å². The molecular formula is C23H21FN2O4S2. The quantitative estimate of drug-likeness (QED) is 0.423. The van der Waals surface area contributed by atoms with E-state index in [1.54, 1.807) is 30.8 Å². The predicted molar refractivity (Wildman–Crippen MR) is 126 cm³/mol. The summed E-state index contributed by atoms with van der Waals surface area (Å²) in [6.07, 6.45) is 4.88. The Morgan fingerprint density at radius 1 is 1.22 bits per heavy atom. The van der Waals surface area contributed by atoms with Crippen LogP contribution in [-0.4, -0.2) is 29.3 Å². The zero-order chi connectivity index (χ0) is 23.1. The van der Waals surface area contributed by atoms with Crippen LogP contribution in [-0.2, 0) is 20.9 Å². The van der Waals surface area contributed by atoms with E-state index in [0.717, 1.165) is 21.8 Å². The summed E-state index contributed by atoms with van der Waals surface area (Å²) in [5.74, 6) is -1.62. The highest BCUT2D eigenvalue weighted by Crippen LogP contribution is 2.15. The first-order chi connectivity index (χ1) is 15.4. The molecule has 0 bridgehead atoms. The molecule has 0 atom stereocenters. The SMILES string of the molecule is CCOC(=O)/C=c1\s/c(=C\c2ccc(SC)cc2)c(=O)n1CC(=O)Nc1cccc(F)c1. The third-order valence-corrected chi connectivity index (χ3v) is 6.09. The van der Waals surface area contributed by atoms with Gasteiger partial charge in [-0.1, -0.05) is 18.2 Å². The molecule has 9 heteroatoms. The second kappa shape index (κ2) is 10.9. The Balaban J connectivity index is 1.98. The lowest BCUT2D eigenvalue weighted by Crippen LogP contribution is -2.36. The first-order valence-electron chi connectivity index (χ1n) is 9.69. The van der Waals surface area contributed by atoms with E-state index in [2.05, 4.69) is 5.32 Å². The lowest BCUT2D eigenvalue weighted by Gasteiger charge is -2.06. The maximum Gasteiger partial charge on any atom is 0.333 e. The van der Waals surface area contributed by atoms with Gasteiger partial charge in [0, 0.05) is 10.6 Å². The number of carbonyl (C=O) groups excluding carboxylic acids is 2. The highest BCUT2D eigenvalue weighted by Gasteiger charge is 2.12.